The van der Waals surface area contributed by atoms with E-state index in [4.69, 9.17) is 8.85 Å². The molecule has 0 aliphatic carbocycles. The summed E-state index contributed by atoms with van der Waals surface area (Å²) >= 11 is 0. The Bertz CT molecular complexity index is 277. The summed E-state index contributed by atoms with van der Waals surface area (Å²) in [5, 5.41) is 0. The van der Waals surface area contributed by atoms with Crippen LogP contribution in [0.4, 0.5) is 0 Å². The van der Waals surface area contributed by atoms with Crippen LogP contribution < -0.4 is 0 Å². The van der Waals surface area contributed by atoms with Crippen molar-refractivity contribution in [2.75, 3.05) is 11.5 Å². The van der Waals surface area contributed by atoms with Gasteiger partial charge >= 0.3 is 0 Å². The summed E-state index contributed by atoms with van der Waals surface area (Å²) < 4.78 is 12.4. The monoisotopic (exact) mass is 414 g/mol. The van der Waals surface area contributed by atoms with Crippen molar-refractivity contribution in [2.45, 2.75) is 91.0 Å². The van der Waals surface area contributed by atoms with E-state index >= 15 is 0 Å². The van der Waals surface area contributed by atoms with Gasteiger partial charge in [-0.15, -0.1) is 0 Å². The summed E-state index contributed by atoms with van der Waals surface area (Å²) in [4.78, 5) is 0. The van der Waals surface area contributed by atoms with Crippen LogP contribution in [0.25, 0.3) is 0 Å². The largest absolute Gasteiger partial charge is 0.415 e. The van der Waals surface area contributed by atoms with Crippen molar-refractivity contribution in [3.05, 3.63) is 0 Å². The van der Waals surface area contributed by atoms with E-state index in [2.05, 4.69) is 53.9 Å². The van der Waals surface area contributed by atoms with E-state index in [0.717, 1.165) is 12.8 Å². The molecule has 0 bridgehead atoms. The number of hydrogen-bond donors (Lipinski definition) is 0. The molecule has 0 aliphatic heterocycles. The molecule has 0 radical (unpaired) electrons. The van der Waals surface area contributed by atoms with Crippen LogP contribution in [0.5, 0.6) is 0 Å². The Morgan fingerprint density at radius 3 is 1.39 bits per heavy atom. The van der Waals surface area contributed by atoms with Crippen molar-refractivity contribution in [1.29, 1.82) is 0 Å². The first-order valence-corrected chi connectivity index (χ1v) is 18.9. The number of hydrogen-bond acceptors (Lipinski definition) is 5. The Morgan fingerprint density at radius 2 is 1.09 bits per heavy atom. The van der Waals surface area contributed by atoms with Gasteiger partial charge in [-0.2, -0.15) is 0 Å². The molecule has 2 unspecified atom stereocenters. The van der Waals surface area contributed by atoms with Gasteiger partial charge in [0.1, 0.15) is 0 Å². The Hall–Kier alpha value is 1.40. The van der Waals surface area contributed by atoms with Crippen molar-refractivity contribution < 1.29 is 8.85 Å². The molecule has 140 valence electrons. The summed E-state index contributed by atoms with van der Waals surface area (Å²) in [7, 11) is 3.01. The smallest absolute Gasteiger partial charge is 0.187 e. The Balaban J connectivity index is 3.70. The molecule has 0 aromatic heterocycles. The van der Waals surface area contributed by atoms with E-state index < -0.39 is 16.6 Å². The lowest BCUT2D eigenvalue weighted by molar-refractivity contribution is 0.207. The summed E-state index contributed by atoms with van der Waals surface area (Å²) in [5.74, 6) is 2.41. The summed E-state index contributed by atoms with van der Waals surface area (Å²) in [6.45, 7) is 18.2. The first-order valence-electron chi connectivity index (χ1n) is 8.88. The highest BCUT2D eigenvalue weighted by molar-refractivity contribution is 9.09. The van der Waals surface area contributed by atoms with Crippen molar-refractivity contribution in [2.24, 2.45) is 0 Å². The fraction of sp³-hybridized carbons (Fsp3) is 1.00. The molecule has 0 fully saturated rings. The lowest BCUT2D eigenvalue weighted by Gasteiger charge is -2.27. The number of rotatable bonds is 14. The highest BCUT2D eigenvalue weighted by Crippen LogP contribution is 2.37. The standard InChI is InChI=1S/C16H38O2S3Si2/c1-9-15(3)17-22(5,6)13-11-19-21-20-12-14-23(7,8)18-16(4)10-2/h15-16H,9-14H2,1-8H3. The fourth-order valence-electron chi connectivity index (χ4n) is 2.05. The molecule has 0 saturated heterocycles. The van der Waals surface area contributed by atoms with Gasteiger partial charge in [-0.3, -0.25) is 0 Å². The molecule has 2 atom stereocenters. The van der Waals surface area contributed by atoms with Crippen LogP contribution in [-0.4, -0.2) is 40.3 Å². The van der Waals surface area contributed by atoms with Crippen LogP contribution in [-0.2, 0) is 8.85 Å². The molecule has 0 heterocycles. The summed E-state index contributed by atoms with van der Waals surface area (Å²) in [6.07, 6.45) is 3.07. The highest BCUT2D eigenvalue weighted by atomic mass is 33.5. The first-order chi connectivity index (χ1) is 10.6. The van der Waals surface area contributed by atoms with Crippen molar-refractivity contribution in [3.8, 4) is 0 Å². The zero-order valence-electron chi connectivity index (χ0n) is 16.4. The second-order valence-corrected chi connectivity index (χ2v) is 20.4. The molecule has 0 aromatic rings. The van der Waals surface area contributed by atoms with Crippen LogP contribution >= 0.6 is 31.4 Å². The zero-order valence-corrected chi connectivity index (χ0v) is 20.9. The fourth-order valence-corrected chi connectivity index (χ4v) is 13.6. The molecule has 2 nitrogen and oxygen atoms in total. The molecule has 0 amide bonds. The Labute approximate surface area is 159 Å². The zero-order chi connectivity index (χ0) is 17.9. The minimum atomic E-state index is -1.47. The van der Waals surface area contributed by atoms with Gasteiger partial charge in [0.2, 0.25) is 0 Å². The van der Waals surface area contributed by atoms with Gasteiger partial charge in [-0.25, -0.2) is 0 Å². The van der Waals surface area contributed by atoms with Gasteiger partial charge in [-0.1, -0.05) is 35.4 Å². The van der Waals surface area contributed by atoms with Crippen LogP contribution in [0.3, 0.4) is 0 Å². The summed E-state index contributed by atoms with van der Waals surface area (Å²) in [5.41, 5.74) is 0. The molecule has 0 rings (SSSR count). The lowest BCUT2D eigenvalue weighted by Crippen LogP contribution is -2.34. The predicted molar refractivity (Wildman–Crippen MR) is 119 cm³/mol. The molecule has 0 aromatic carbocycles. The second-order valence-electron chi connectivity index (χ2n) is 7.40. The van der Waals surface area contributed by atoms with E-state index in [-0.39, 0.29) is 0 Å². The topological polar surface area (TPSA) is 18.5 Å². The van der Waals surface area contributed by atoms with Gasteiger partial charge < -0.3 is 8.85 Å². The Kier molecular flexibility index (Phi) is 13.5. The molecule has 0 saturated carbocycles. The van der Waals surface area contributed by atoms with Gasteiger partial charge in [-0.05, 0) is 74.8 Å². The normalized spacial score (nSPS) is 15.7. The van der Waals surface area contributed by atoms with Crippen LogP contribution in [0, 0.1) is 0 Å². The SMILES string of the molecule is CCC(C)O[Si](C)(C)CCSSSCC[Si](C)(C)OC(C)CC. The third-order valence-corrected chi connectivity index (χ3v) is 13.8. The predicted octanol–water partition coefficient (Wildman–Crippen LogP) is 7.06. The maximum Gasteiger partial charge on any atom is 0.187 e. The van der Waals surface area contributed by atoms with E-state index in [1.165, 1.54) is 23.6 Å². The first kappa shape index (κ1) is 24.4. The molecular weight excluding hydrogens is 377 g/mol. The minimum absolute atomic E-state index is 0.418. The third-order valence-electron chi connectivity index (χ3n) is 3.86. The minimum Gasteiger partial charge on any atom is -0.415 e. The van der Waals surface area contributed by atoms with Crippen molar-refractivity contribution in [3.63, 3.8) is 0 Å². The molecule has 7 heteroatoms. The molecular formula is C16H38O2S3Si2. The Morgan fingerprint density at radius 1 is 0.739 bits per heavy atom. The van der Waals surface area contributed by atoms with Gasteiger partial charge in [0, 0.05) is 23.7 Å². The molecule has 23 heavy (non-hydrogen) atoms. The van der Waals surface area contributed by atoms with Gasteiger partial charge in [0.05, 0.1) is 0 Å². The van der Waals surface area contributed by atoms with Crippen molar-refractivity contribution in [1.82, 2.24) is 0 Å². The highest BCUT2D eigenvalue weighted by Gasteiger charge is 2.25. The van der Waals surface area contributed by atoms with E-state index in [9.17, 15) is 0 Å². The van der Waals surface area contributed by atoms with Crippen molar-refractivity contribution >= 4 is 48.0 Å². The quantitative estimate of drug-likeness (QED) is 0.171. The van der Waals surface area contributed by atoms with E-state index in [1.807, 2.05) is 31.4 Å². The lowest BCUT2D eigenvalue weighted by atomic mass is 10.3. The van der Waals surface area contributed by atoms with E-state index in [1.54, 1.807) is 0 Å². The maximum absolute atomic E-state index is 6.21. The molecule has 0 N–H and O–H groups in total. The van der Waals surface area contributed by atoms with Gasteiger partial charge in [0.15, 0.2) is 16.6 Å². The second kappa shape index (κ2) is 12.7. The average molecular weight is 415 g/mol. The maximum atomic E-state index is 6.21. The van der Waals surface area contributed by atoms with Crippen LogP contribution in [0.15, 0.2) is 0 Å². The average Bonchev–Trinajstić information content (AvgIpc) is 2.44. The van der Waals surface area contributed by atoms with Gasteiger partial charge in [0.25, 0.3) is 0 Å². The molecule has 0 aliphatic rings. The summed E-state index contributed by atoms with van der Waals surface area (Å²) in [6, 6.07) is 2.49. The van der Waals surface area contributed by atoms with Crippen LogP contribution in [0.2, 0.25) is 38.3 Å². The van der Waals surface area contributed by atoms with Crippen LogP contribution in [0.1, 0.15) is 40.5 Å². The third kappa shape index (κ3) is 14.3. The molecule has 0 spiro atoms. The van der Waals surface area contributed by atoms with E-state index in [0.29, 0.717) is 12.2 Å².